The van der Waals surface area contributed by atoms with Crippen LogP contribution in [0.15, 0.2) is 6.07 Å². The van der Waals surface area contributed by atoms with Crippen molar-refractivity contribution in [2.45, 2.75) is 32.2 Å². The van der Waals surface area contributed by atoms with Crippen LogP contribution in [0.4, 0.5) is 10.6 Å². The molecular weight excluding hydrogens is 364 g/mol. The van der Waals surface area contributed by atoms with E-state index in [9.17, 15) is 14.4 Å². The first-order chi connectivity index (χ1) is 13.3. The van der Waals surface area contributed by atoms with Crippen LogP contribution in [0.25, 0.3) is 0 Å². The second kappa shape index (κ2) is 7.78. The highest BCUT2D eigenvalue weighted by atomic mass is 16.5. The van der Waals surface area contributed by atoms with Gasteiger partial charge in [-0.1, -0.05) is 13.8 Å². The Morgan fingerprint density at radius 3 is 2.57 bits per heavy atom. The Labute approximate surface area is 164 Å². The Morgan fingerprint density at radius 1 is 1.36 bits per heavy atom. The van der Waals surface area contributed by atoms with Crippen molar-refractivity contribution >= 4 is 23.7 Å². The van der Waals surface area contributed by atoms with E-state index in [1.165, 1.54) is 11.0 Å². The number of hydrogen-bond donors (Lipinski definition) is 2. The van der Waals surface area contributed by atoms with Crippen LogP contribution in [-0.2, 0) is 9.53 Å². The number of urea groups is 1. The van der Waals surface area contributed by atoms with Gasteiger partial charge in [0.2, 0.25) is 0 Å². The highest BCUT2D eigenvalue weighted by molar-refractivity contribution is 6.07. The topological polar surface area (TPSA) is 125 Å². The molecule has 154 valence electrons. The fourth-order valence-electron chi connectivity index (χ4n) is 3.96. The van der Waals surface area contributed by atoms with Crippen LogP contribution < -0.4 is 5.73 Å². The first kappa shape index (κ1) is 20.1. The van der Waals surface area contributed by atoms with Crippen LogP contribution in [0, 0.1) is 5.92 Å². The minimum atomic E-state index is -0.890. The summed E-state index contributed by atoms with van der Waals surface area (Å²) in [5.41, 5.74) is 5.01. The van der Waals surface area contributed by atoms with Crippen molar-refractivity contribution in [1.29, 1.82) is 0 Å². The molecule has 2 saturated heterocycles. The van der Waals surface area contributed by atoms with Crippen molar-refractivity contribution in [2.24, 2.45) is 5.92 Å². The normalized spacial score (nSPS) is 19.4. The van der Waals surface area contributed by atoms with E-state index in [0.717, 1.165) is 0 Å². The van der Waals surface area contributed by atoms with Gasteiger partial charge in [-0.05, 0) is 18.8 Å². The Kier molecular flexibility index (Phi) is 5.59. The minimum Gasteiger partial charge on any atom is -0.383 e. The van der Waals surface area contributed by atoms with Crippen LogP contribution in [0.2, 0.25) is 0 Å². The highest BCUT2D eigenvalue weighted by Gasteiger charge is 2.58. The number of nitrogens with two attached hydrogens (primary N) is 1. The number of ether oxygens (including phenoxy) is 1. The van der Waals surface area contributed by atoms with Crippen molar-refractivity contribution in [3.05, 3.63) is 11.8 Å². The third kappa shape index (κ3) is 3.44. The molecule has 1 aromatic heterocycles. The number of nitrogens with zero attached hydrogens (tertiary/aromatic N) is 4. The molecule has 0 bridgehead atoms. The molecule has 2 aliphatic rings. The Bertz CT molecular complexity index is 753. The number of carbonyl (C=O) groups excluding carboxylic acids is 3. The van der Waals surface area contributed by atoms with Gasteiger partial charge in [-0.15, -0.1) is 0 Å². The molecule has 0 radical (unpaired) electrons. The van der Waals surface area contributed by atoms with Gasteiger partial charge in [0, 0.05) is 32.8 Å². The zero-order chi connectivity index (χ0) is 20.5. The zero-order valence-electron chi connectivity index (χ0n) is 16.6. The smallest absolute Gasteiger partial charge is 0.327 e. The molecule has 10 heteroatoms. The van der Waals surface area contributed by atoms with Crippen LogP contribution in [-0.4, -0.2) is 88.2 Å². The number of anilines is 1. The summed E-state index contributed by atoms with van der Waals surface area (Å²) in [6.45, 7) is 5.83. The molecule has 1 aromatic rings. The molecular formula is C18H28N6O4. The van der Waals surface area contributed by atoms with E-state index in [-0.39, 0.29) is 36.1 Å². The maximum atomic E-state index is 13.2. The van der Waals surface area contributed by atoms with Gasteiger partial charge in [-0.3, -0.25) is 19.6 Å². The van der Waals surface area contributed by atoms with Gasteiger partial charge in [0.25, 0.3) is 11.8 Å². The van der Waals surface area contributed by atoms with Gasteiger partial charge in [-0.2, -0.15) is 5.10 Å². The number of imide groups is 1. The molecule has 28 heavy (non-hydrogen) atoms. The van der Waals surface area contributed by atoms with Crippen molar-refractivity contribution in [3.63, 3.8) is 0 Å². The van der Waals surface area contributed by atoms with E-state index in [4.69, 9.17) is 10.5 Å². The second-order valence-corrected chi connectivity index (χ2v) is 7.77. The fraction of sp³-hybridized carbons (Fsp3) is 0.667. The third-order valence-corrected chi connectivity index (χ3v) is 5.39. The largest absolute Gasteiger partial charge is 0.383 e. The van der Waals surface area contributed by atoms with Crippen molar-refractivity contribution in [1.82, 2.24) is 24.9 Å². The molecule has 3 rings (SSSR count). The predicted molar refractivity (Wildman–Crippen MR) is 101 cm³/mol. The molecule has 0 unspecified atom stereocenters. The number of carbonyl (C=O) groups is 3. The number of aromatic nitrogens is 2. The van der Waals surface area contributed by atoms with Crippen molar-refractivity contribution in [2.75, 3.05) is 45.6 Å². The summed E-state index contributed by atoms with van der Waals surface area (Å²) < 4.78 is 5.05. The third-order valence-electron chi connectivity index (χ3n) is 5.39. The maximum Gasteiger partial charge on any atom is 0.327 e. The lowest BCUT2D eigenvalue weighted by atomic mass is 9.85. The van der Waals surface area contributed by atoms with Crippen molar-refractivity contribution < 1.29 is 19.1 Å². The van der Waals surface area contributed by atoms with E-state index >= 15 is 0 Å². The summed E-state index contributed by atoms with van der Waals surface area (Å²) >= 11 is 0. The number of H-pyrrole nitrogens is 1. The molecule has 2 fully saturated rings. The number of nitrogens with one attached hydrogen (secondary N) is 1. The Hall–Kier alpha value is -2.62. The Balaban J connectivity index is 1.78. The molecule has 3 N–H and O–H groups in total. The first-order valence-electron chi connectivity index (χ1n) is 9.53. The molecule has 3 heterocycles. The minimum absolute atomic E-state index is 0.187. The van der Waals surface area contributed by atoms with Crippen LogP contribution >= 0.6 is 0 Å². The van der Waals surface area contributed by atoms with Gasteiger partial charge in [0.15, 0.2) is 0 Å². The molecule has 4 amide bonds. The van der Waals surface area contributed by atoms with Crippen LogP contribution in [0.5, 0.6) is 0 Å². The summed E-state index contributed by atoms with van der Waals surface area (Å²) in [6, 6.07) is 1.23. The van der Waals surface area contributed by atoms with E-state index in [1.807, 2.05) is 13.8 Å². The summed E-state index contributed by atoms with van der Waals surface area (Å²) in [6.07, 6.45) is 0.812. The molecule has 0 saturated carbocycles. The van der Waals surface area contributed by atoms with E-state index < -0.39 is 5.54 Å². The number of nitrogen functional groups attached to an aromatic ring is 1. The standard InChI is InChI=1S/C18H28N6O4/c1-12(2)11-24-17(27)23(8-9-28-3)16(26)18(24)4-6-22(7-5-18)15(25)13-10-14(19)21-20-13/h10,12H,4-9,11H2,1-3H3,(H3,19,20,21). The van der Waals surface area contributed by atoms with E-state index in [2.05, 4.69) is 10.2 Å². The average molecular weight is 392 g/mol. The molecule has 2 aliphatic heterocycles. The Morgan fingerprint density at radius 2 is 2.04 bits per heavy atom. The molecule has 0 atom stereocenters. The number of aromatic amines is 1. The van der Waals surface area contributed by atoms with Gasteiger partial charge in [-0.25, -0.2) is 4.79 Å². The molecule has 0 aromatic carbocycles. The number of rotatable bonds is 6. The summed E-state index contributed by atoms with van der Waals surface area (Å²) in [5, 5.41) is 6.41. The van der Waals surface area contributed by atoms with Crippen LogP contribution in [0.1, 0.15) is 37.2 Å². The van der Waals surface area contributed by atoms with Crippen molar-refractivity contribution in [3.8, 4) is 0 Å². The lowest BCUT2D eigenvalue weighted by molar-refractivity contribution is -0.135. The monoisotopic (exact) mass is 392 g/mol. The average Bonchev–Trinajstić information content (AvgIpc) is 3.17. The zero-order valence-corrected chi connectivity index (χ0v) is 16.6. The number of piperidine rings is 1. The van der Waals surface area contributed by atoms with Gasteiger partial charge in [0.1, 0.15) is 17.1 Å². The summed E-state index contributed by atoms with van der Waals surface area (Å²) in [4.78, 5) is 43.4. The van der Waals surface area contributed by atoms with E-state index in [1.54, 1.807) is 16.9 Å². The molecule has 10 nitrogen and oxygen atoms in total. The van der Waals surface area contributed by atoms with Gasteiger partial charge < -0.3 is 20.3 Å². The molecule has 1 spiro atoms. The SMILES string of the molecule is COCCN1C(=O)N(CC(C)C)C2(CCN(C(=O)c3cc(N)n[nH]3)CC2)C1=O. The predicted octanol–water partition coefficient (Wildman–Crippen LogP) is 0.533. The summed E-state index contributed by atoms with van der Waals surface area (Å²) in [5.74, 6) is 0.0875. The second-order valence-electron chi connectivity index (χ2n) is 7.77. The quantitative estimate of drug-likeness (QED) is 0.681. The highest BCUT2D eigenvalue weighted by Crippen LogP contribution is 2.38. The number of methoxy groups -OCH3 is 1. The fourth-order valence-corrected chi connectivity index (χ4v) is 3.96. The van der Waals surface area contributed by atoms with Crippen LogP contribution in [0.3, 0.4) is 0 Å². The lowest BCUT2D eigenvalue weighted by Crippen LogP contribution is -2.58. The number of amides is 4. The van der Waals surface area contributed by atoms with E-state index in [0.29, 0.717) is 44.8 Å². The summed E-state index contributed by atoms with van der Waals surface area (Å²) in [7, 11) is 1.54. The lowest BCUT2D eigenvalue weighted by Gasteiger charge is -2.42. The maximum absolute atomic E-state index is 13.2. The first-order valence-corrected chi connectivity index (χ1v) is 9.53. The number of hydrogen-bond acceptors (Lipinski definition) is 6. The molecule has 0 aliphatic carbocycles. The van der Waals surface area contributed by atoms with Gasteiger partial charge >= 0.3 is 6.03 Å². The van der Waals surface area contributed by atoms with Gasteiger partial charge in [0.05, 0.1) is 13.2 Å². The number of likely N-dealkylation sites (tertiary alicyclic amines) is 1.